The third-order valence-electron chi connectivity index (χ3n) is 4.36. The minimum absolute atomic E-state index is 0.0538. The number of halogens is 1. The van der Waals surface area contributed by atoms with Crippen molar-refractivity contribution in [1.29, 1.82) is 0 Å². The van der Waals surface area contributed by atoms with Crippen molar-refractivity contribution in [3.8, 4) is 0 Å². The molecule has 0 aliphatic carbocycles. The maximum Gasteiger partial charge on any atom is 0.252 e. The molecule has 0 saturated carbocycles. The molecular weight excluding hydrogens is 350 g/mol. The van der Waals surface area contributed by atoms with Crippen molar-refractivity contribution in [3.63, 3.8) is 0 Å². The van der Waals surface area contributed by atoms with Crippen LogP contribution in [0.3, 0.4) is 0 Å². The normalized spacial score (nSPS) is 19.0. The number of carbonyl (C=O) groups is 1. The number of hydrogen-bond donors (Lipinski definition) is 1. The van der Waals surface area contributed by atoms with E-state index in [2.05, 4.69) is 17.1 Å². The second kappa shape index (κ2) is 7.82. The summed E-state index contributed by atoms with van der Waals surface area (Å²) in [5.41, 5.74) is 0.181. The average Bonchev–Trinajstić information content (AvgIpc) is 3.00. The van der Waals surface area contributed by atoms with E-state index >= 15 is 0 Å². The van der Waals surface area contributed by atoms with Crippen molar-refractivity contribution < 1.29 is 13.2 Å². The molecule has 1 heterocycles. The van der Waals surface area contributed by atoms with E-state index in [1.54, 1.807) is 0 Å². The fraction of sp³-hybridized carbons (Fsp3) is 0.562. The zero-order valence-electron chi connectivity index (χ0n) is 14.3. The quantitative estimate of drug-likeness (QED) is 0.825. The first-order valence-corrected chi connectivity index (χ1v) is 9.83. The first-order chi connectivity index (χ1) is 11.3. The highest BCUT2D eigenvalue weighted by molar-refractivity contribution is 7.89. The predicted octanol–water partition coefficient (Wildman–Crippen LogP) is 1.80. The molecule has 1 amide bonds. The Morgan fingerprint density at radius 1 is 1.42 bits per heavy atom. The lowest BCUT2D eigenvalue weighted by atomic mass is 10.2. The Kier molecular flexibility index (Phi) is 6.25. The van der Waals surface area contributed by atoms with E-state index in [1.165, 1.54) is 32.3 Å². The second-order valence-electron chi connectivity index (χ2n) is 6.06. The Morgan fingerprint density at radius 2 is 2.12 bits per heavy atom. The van der Waals surface area contributed by atoms with Gasteiger partial charge in [0.15, 0.2) is 0 Å². The Morgan fingerprint density at radius 3 is 2.75 bits per heavy atom. The molecule has 1 N–H and O–H groups in total. The SMILES string of the molecule is CCN1CCC[C@H]1CNC(=O)c1cc(S(=O)(=O)N(C)C)ccc1Cl. The fourth-order valence-electron chi connectivity index (χ4n) is 2.90. The number of rotatable bonds is 6. The molecule has 1 aromatic carbocycles. The summed E-state index contributed by atoms with van der Waals surface area (Å²) in [7, 11) is -0.711. The highest BCUT2D eigenvalue weighted by atomic mass is 35.5. The average molecular weight is 374 g/mol. The van der Waals surface area contributed by atoms with Crippen LogP contribution < -0.4 is 5.32 Å². The maximum atomic E-state index is 12.4. The molecule has 8 heteroatoms. The van der Waals surface area contributed by atoms with E-state index in [9.17, 15) is 13.2 Å². The minimum atomic E-state index is -3.61. The lowest BCUT2D eigenvalue weighted by molar-refractivity contribution is 0.0941. The molecule has 6 nitrogen and oxygen atoms in total. The smallest absolute Gasteiger partial charge is 0.252 e. The summed E-state index contributed by atoms with van der Waals surface area (Å²) in [5, 5.41) is 3.12. The van der Waals surface area contributed by atoms with Crippen molar-refractivity contribution in [2.24, 2.45) is 0 Å². The zero-order chi connectivity index (χ0) is 17.9. The Labute approximate surface area is 148 Å². The van der Waals surface area contributed by atoms with Crippen LogP contribution in [0.2, 0.25) is 5.02 Å². The molecular formula is C16H24ClN3O3S. The van der Waals surface area contributed by atoms with Gasteiger partial charge in [0, 0.05) is 26.7 Å². The number of carbonyl (C=O) groups excluding carboxylic acids is 1. The molecule has 24 heavy (non-hydrogen) atoms. The number of amides is 1. The van der Waals surface area contributed by atoms with Crippen LogP contribution in [0, 0.1) is 0 Å². The largest absolute Gasteiger partial charge is 0.350 e. The standard InChI is InChI=1S/C16H24ClN3O3S/c1-4-20-9-5-6-12(20)11-18-16(21)14-10-13(7-8-15(14)17)24(22,23)19(2)3/h7-8,10,12H,4-6,9,11H2,1-3H3,(H,18,21)/t12-/m0/s1. The summed E-state index contributed by atoms with van der Waals surface area (Å²) >= 11 is 6.09. The maximum absolute atomic E-state index is 12.4. The Balaban J connectivity index is 2.14. The van der Waals surface area contributed by atoms with Gasteiger partial charge < -0.3 is 5.32 Å². The highest BCUT2D eigenvalue weighted by Crippen LogP contribution is 2.22. The molecule has 0 bridgehead atoms. The summed E-state index contributed by atoms with van der Waals surface area (Å²) < 4.78 is 25.5. The molecule has 134 valence electrons. The van der Waals surface area contributed by atoms with Crippen molar-refractivity contribution in [3.05, 3.63) is 28.8 Å². The molecule has 0 radical (unpaired) electrons. The van der Waals surface area contributed by atoms with Gasteiger partial charge in [-0.2, -0.15) is 0 Å². The third-order valence-corrected chi connectivity index (χ3v) is 6.51. The van der Waals surface area contributed by atoms with Gasteiger partial charge in [-0.25, -0.2) is 12.7 Å². The van der Waals surface area contributed by atoms with Gasteiger partial charge in [0.05, 0.1) is 15.5 Å². The van der Waals surface area contributed by atoms with Crippen LogP contribution in [0.4, 0.5) is 0 Å². The summed E-state index contributed by atoms with van der Waals surface area (Å²) in [6, 6.07) is 4.51. The van der Waals surface area contributed by atoms with Crippen molar-refractivity contribution in [2.75, 3.05) is 33.7 Å². The summed E-state index contributed by atoms with van der Waals surface area (Å²) in [4.78, 5) is 14.8. The van der Waals surface area contributed by atoms with Crippen LogP contribution in [0.5, 0.6) is 0 Å². The molecule has 1 aliphatic rings. The van der Waals surface area contributed by atoms with Gasteiger partial charge in [-0.1, -0.05) is 18.5 Å². The molecule has 1 aliphatic heterocycles. The summed E-state index contributed by atoms with van der Waals surface area (Å²) in [6.07, 6.45) is 2.18. The van der Waals surface area contributed by atoms with Gasteiger partial charge in [-0.3, -0.25) is 9.69 Å². The number of likely N-dealkylation sites (N-methyl/N-ethyl adjacent to an activating group) is 1. The minimum Gasteiger partial charge on any atom is -0.350 e. The van der Waals surface area contributed by atoms with Crippen LogP contribution in [0.15, 0.2) is 23.1 Å². The van der Waals surface area contributed by atoms with E-state index in [1.807, 2.05) is 0 Å². The van der Waals surface area contributed by atoms with Crippen LogP contribution in [-0.2, 0) is 10.0 Å². The van der Waals surface area contributed by atoms with Crippen LogP contribution >= 0.6 is 11.6 Å². The topological polar surface area (TPSA) is 69.7 Å². The van der Waals surface area contributed by atoms with Gasteiger partial charge in [0.2, 0.25) is 10.0 Å². The zero-order valence-corrected chi connectivity index (χ0v) is 15.8. The first-order valence-electron chi connectivity index (χ1n) is 8.01. The molecule has 0 spiro atoms. The highest BCUT2D eigenvalue weighted by Gasteiger charge is 2.25. The lowest BCUT2D eigenvalue weighted by Gasteiger charge is -2.23. The number of nitrogens with zero attached hydrogens (tertiary/aromatic N) is 2. The van der Waals surface area contributed by atoms with Gasteiger partial charge in [-0.15, -0.1) is 0 Å². The van der Waals surface area contributed by atoms with Gasteiger partial charge >= 0.3 is 0 Å². The monoisotopic (exact) mass is 373 g/mol. The first kappa shape index (κ1) is 19.2. The Hall–Kier alpha value is -1.15. The molecule has 0 unspecified atom stereocenters. The number of benzene rings is 1. The van der Waals surface area contributed by atoms with E-state index in [-0.39, 0.29) is 21.4 Å². The fourth-order valence-corrected chi connectivity index (χ4v) is 4.03. The van der Waals surface area contributed by atoms with Crippen molar-refractivity contribution >= 4 is 27.5 Å². The van der Waals surface area contributed by atoms with Crippen LogP contribution in [0.1, 0.15) is 30.1 Å². The van der Waals surface area contributed by atoms with E-state index in [0.29, 0.717) is 12.6 Å². The number of likely N-dealkylation sites (tertiary alicyclic amines) is 1. The molecule has 1 saturated heterocycles. The number of hydrogen-bond acceptors (Lipinski definition) is 4. The van der Waals surface area contributed by atoms with Crippen molar-refractivity contribution in [1.82, 2.24) is 14.5 Å². The van der Waals surface area contributed by atoms with Gasteiger partial charge in [0.25, 0.3) is 5.91 Å². The predicted molar refractivity (Wildman–Crippen MR) is 94.9 cm³/mol. The van der Waals surface area contributed by atoms with E-state index in [0.717, 1.165) is 30.2 Å². The molecule has 1 aromatic rings. The molecule has 2 rings (SSSR count). The van der Waals surface area contributed by atoms with Crippen LogP contribution in [0.25, 0.3) is 0 Å². The third kappa shape index (κ3) is 4.08. The number of nitrogens with one attached hydrogen (secondary N) is 1. The van der Waals surface area contributed by atoms with E-state index in [4.69, 9.17) is 11.6 Å². The second-order valence-corrected chi connectivity index (χ2v) is 8.62. The lowest BCUT2D eigenvalue weighted by Crippen LogP contribution is -2.40. The van der Waals surface area contributed by atoms with Crippen molar-refractivity contribution in [2.45, 2.75) is 30.7 Å². The van der Waals surface area contributed by atoms with E-state index < -0.39 is 10.0 Å². The molecule has 1 atom stereocenters. The van der Waals surface area contributed by atoms with Gasteiger partial charge in [0.1, 0.15) is 0 Å². The van der Waals surface area contributed by atoms with Crippen LogP contribution in [-0.4, -0.2) is 63.3 Å². The summed E-state index contributed by atoms with van der Waals surface area (Å²) in [5.74, 6) is -0.348. The Bertz CT molecular complexity index is 707. The summed E-state index contributed by atoms with van der Waals surface area (Å²) in [6.45, 7) is 4.65. The molecule has 1 fully saturated rings. The van der Waals surface area contributed by atoms with Gasteiger partial charge in [-0.05, 0) is 44.1 Å². The molecule has 0 aromatic heterocycles. The number of sulfonamides is 1.